The van der Waals surface area contributed by atoms with Gasteiger partial charge in [-0.1, -0.05) is 24.3 Å². The van der Waals surface area contributed by atoms with Gasteiger partial charge in [-0.25, -0.2) is 0 Å². The first kappa shape index (κ1) is 19.0. The average molecular weight is 370 g/mol. The largest absolute Gasteiger partial charge is 0.493 e. The van der Waals surface area contributed by atoms with Crippen molar-refractivity contribution in [3.05, 3.63) is 53.6 Å². The third-order valence-electron chi connectivity index (χ3n) is 4.58. The second-order valence-corrected chi connectivity index (χ2v) is 6.46. The van der Waals surface area contributed by atoms with Gasteiger partial charge >= 0.3 is 0 Å². The molecule has 6 nitrogen and oxygen atoms in total. The van der Waals surface area contributed by atoms with E-state index in [1.165, 1.54) is 0 Å². The predicted octanol–water partition coefficient (Wildman–Crippen LogP) is 2.26. The summed E-state index contributed by atoms with van der Waals surface area (Å²) in [4.78, 5) is 14.4. The molecule has 0 saturated heterocycles. The summed E-state index contributed by atoms with van der Waals surface area (Å²) in [6.45, 7) is 2.99. The number of benzene rings is 2. The summed E-state index contributed by atoms with van der Waals surface area (Å²) in [7, 11) is 3.23. The summed E-state index contributed by atoms with van der Waals surface area (Å²) in [5.41, 5.74) is 2.21. The summed E-state index contributed by atoms with van der Waals surface area (Å²) >= 11 is 0. The first-order valence-corrected chi connectivity index (χ1v) is 9.10. The Bertz CT molecular complexity index is 779. The number of para-hydroxylation sites is 1. The minimum Gasteiger partial charge on any atom is -0.493 e. The van der Waals surface area contributed by atoms with Gasteiger partial charge in [0.25, 0.3) is 0 Å². The number of fused-ring (bicyclic) bond motifs is 1. The monoisotopic (exact) mass is 370 g/mol. The molecular formula is C21H26N2O4. The van der Waals surface area contributed by atoms with Gasteiger partial charge in [-0.3, -0.25) is 9.69 Å². The Hall–Kier alpha value is -2.73. The smallest absolute Gasteiger partial charge is 0.234 e. The molecule has 0 unspecified atom stereocenters. The molecule has 0 saturated carbocycles. The number of nitrogens with one attached hydrogen (secondary N) is 1. The van der Waals surface area contributed by atoms with Crippen molar-refractivity contribution in [1.82, 2.24) is 10.2 Å². The highest BCUT2D eigenvalue weighted by molar-refractivity contribution is 5.78. The van der Waals surface area contributed by atoms with Crippen LogP contribution in [0.4, 0.5) is 0 Å². The van der Waals surface area contributed by atoms with Crippen LogP contribution < -0.4 is 19.5 Å². The molecule has 0 spiro atoms. The van der Waals surface area contributed by atoms with Crippen LogP contribution in [-0.4, -0.2) is 51.3 Å². The summed E-state index contributed by atoms with van der Waals surface area (Å²) in [6.07, 6.45) is 0.734. The number of ether oxygens (including phenoxy) is 3. The standard InChI is InChI=1S/C21H26N2O4/c1-25-19-8-7-16(13-20(19)26-2)9-10-22-21(24)15-23-11-12-27-18-6-4-3-5-17(18)14-23/h3-8,13H,9-12,14-15H2,1-2H3,(H,22,24). The van der Waals surface area contributed by atoms with Crippen molar-refractivity contribution in [2.45, 2.75) is 13.0 Å². The number of amides is 1. The quantitative estimate of drug-likeness (QED) is 0.810. The highest BCUT2D eigenvalue weighted by Gasteiger charge is 2.17. The van der Waals surface area contributed by atoms with Gasteiger partial charge in [0, 0.05) is 25.2 Å². The Labute approximate surface area is 160 Å². The van der Waals surface area contributed by atoms with Crippen LogP contribution in [0.3, 0.4) is 0 Å². The lowest BCUT2D eigenvalue weighted by atomic mass is 10.1. The lowest BCUT2D eigenvalue weighted by molar-refractivity contribution is -0.122. The number of hydrogen-bond acceptors (Lipinski definition) is 5. The van der Waals surface area contributed by atoms with E-state index in [1.807, 2.05) is 42.5 Å². The van der Waals surface area contributed by atoms with Crippen molar-refractivity contribution in [3.63, 3.8) is 0 Å². The molecule has 27 heavy (non-hydrogen) atoms. The number of nitrogens with zero attached hydrogens (tertiary/aromatic N) is 1. The lowest BCUT2D eigenvalue weighted by Gasteiger charge is -2.18. The van der Waals surface area contributed by atoms with Crippen molar-refractivity contribution in [2.24, 2.45) is 0 Å². The molecule has 144 valence electrons. The molecule has 1 N–H and O–H groups in total. The molecule has 1 aliphatic heterocycles. The fourth-order valence-electron chi connectivity index (χ4n) is 3.16. The molecule has 2 aromatic carbocycles. The average Bonchev–Trinajstić information content (AvgIpc) is 2.89. The van der Waals surface area contributed by atoms with Crippen molar-refractivity contribution in [2.75, 3.05) is 40.5 Å². The van der Waals surface area contributed by atoms with Gasteiger partial charge in [0.2, 0.25) is 5.91 Å². The van der Waals surface area contributed by atoms with E-state index in [0.717, 1.165) is 36.4 Å². The zero-order valence-corrected chi connectivity index (χ0v) is 15.9. The van der Waals surface area contributed by atoms with E-state index in [0.29, 0.717) is 31.2 Å². The maximum absolute atomic E-state index is 12.3. The molecule has 0 bridgehead atoms. The second kappa shape index (κ2) is 9.28. The van der Waals surface area contributed by atoms with E-state index < -0.39 is 0 Å². The Balaban J connectivity index is 1.47. The van der Waals surface area contributed by atoms with Crippen LogP contribution in [0.2, 0.25) is 0 Å². The fraction of sp³-hybridized carbons (Fsp3) is 0.381. The van der Waals surface area contributed by atoms with Crippen LogP contribution >= 0.6 is 0 Å². The summed E-state index contributed by atoms with van der Waals surface area (Å²) in [6, 6.07) is 13.8. The maximum Gasteiger partial charge on any atom is 0.234 e. The van der Waals surface area contributed by atoms with E-state index in [4.69, 9.17) is 14.2 Å². The van der Waals surface area contributed by atoms with E-state index in [1.54, 1.807) is 14.2 Å². The van der Waals surface area contributed by atoms with Crippen LogP contribution in [-0.2, 0) is 17.8 Å². The highest BCUT2D eigenvalue weighted by atomic mass is 16.5. The molecule has 0 radical (unpaired) electrons. The van der Waals surface area contributed by atoms with E-state index in [-0.39, 0.29) is 5.91 Å². The SMILES string of the molecule is COc1ccc(CCNC(=O)CN2CCOc3ccccc3C2)cc1OC. The fourth-order valence-corrected chi connectivity index (χ4v) is 3.16. The Kier molecular flexibility index (Phi) is 6.54. The molecule has 0 aliphatic carbocycles. The van der Waals surface area contributed by atoms with Crippen molar-refractivity contribution in [1.29, 1.82) is 0 Å². The van der Waals surface area contributed by atoms with Crippen LogP contribution in [0.25, 0.3) is 0 Å². The molecule has 0 atom stereocenters. The van der Waals surface area contributed by atoms with Crippen LogP contribution in [0.1, 0.15) is 11.1 Å². The lowest BCUT2D eigenvalue weighted by Crippen LogP contribution is -2.38. The Morgan fingerprint density at radius 1 is 1.15 bits per heavy atom. The zero-order chi connectivity index (χ0) is 19.1. The van der Waals surface area contributed by atoms with Crippen molar-refractivity contribution in [3.8, 4) is 17.2 Å². The normalized spacial score (nSPS) is 13.9. The van der Waals surface area contributed by atoms with Crippen LogP contribution in [0.15, 0.2) is 42.5 Å². The number of carbonyl (C=O) groups excluding carboxylic acids is 1. The summed E-state index contributed by atoms with van der Waals surface area (Å²) < 4.78 is 16.3. The molecule has 6 heteroatoms. The van der Waals surface area contributed by atoms with Gasteiger partial charge < -0.3 is 19.5 Å². The maximum atomic E-state index is 12.3. The minimum absolute atomic E-state index is 0.0230. The summed E-state index contributed by atoms with van der Waals surface area (Å²) in [5.74, 6) is 2.34. The Morgan fingerprint density at radius 2 is 1.96 bits per heavy atom. The van der Waals surface area contributed by atoms with Gasteiger partial charge in [0.05, 0.1) is 20.8 Å². The van der Waals surface area contributed by atoms with Crippen LogP contribution in [0, 0.1) is 0 Å². The van der Waals surface area contributed by atoms with E-state index >= 15 is 0 Å². The van der Waals surface area contributed by atoms with Gasteiger partial charge in [-0.2, -0.15) is 0 Å². The third-order valence-corrected chi connectivity index (χ3v) is 4.58. The first-order valence-electron chi connectivity index (χ1n) is 9.10. The van der Waals surface area contributed by atoms with Gasteiger partial charge in [0.15, 0.2) is 11.5 Å². The number of rotatable bonds is 7. The van der Waals surface area contributed by atoms with Gasteiger partial charge in [-0.15, -0.1) is 0 Å². The zero-order valence-electron chi connectivity index (χ0n) is 15.9. The highest BCUT2D eigenvalue weighted by Crippen LogP contribution is 2.27. The number of hydrogen-bond donors (Lipinski definition) is 1. The molecule has 1 aliphatic rings. The topological polar surface area (TPSA) is 60.0 Å². The molecule has 1 amide bonds. The molecule has 1 heterocycles. The predicted molar refractivity (Wildman–Crippen MR) is 103 cm³/mol. The molecule has 0 aromatic heterocycles. The molecular weight excluding hydrogens is 344 g/mol. The summed E-state index contributed by atoms with van der Waals surface area (Å²) in [5, 5.41) is 3.00. The number of methoxy groups -OCH3 is 2. The van der Waals surface area contributed by atoms with Crippen molar-refractivity contribution >= 4 is 5.91 Å². The molecule has 0 fully saturated rings. The second-order valence-electron chi connectivity index (χ2n) is 6.46. The van der Waals surface area contributed by atoms with E-state index in [9.17, 15) is 4.79 Å². The van der Waals surface area contributed by atoms with E-state index in [2.05, 4.69) is 10.2 Å². The minimum atomic E-state index is 0.0230. The molecule has 3 rings (SSSR count). The third kappa shape index (κ3) is 5.14. The first-order chi connectivity index (χ1) is 13.2. The Morgan fingerprint density at radius 3 is 2.78 bits per heavy atom. The molecule has 2 aromatic rings. The number of carbonyl (C=O) groups is 1. The van der Waals surface area contributed by atoms with Gasteiger partial charge in [-0.05, 0) is 30.2 Å². The van der Waals surface area contributed by atoms with Gasteiger partial charge in [0.1, 0.15) is 12.4 Å². The van der Waals surface area contributed by atoms with Crippen LogP contribution in [0.5, 0.6) is 17.2 Å². The van der Waals surface area contributed by atoms with Crippen molar-refractivity contribution < 1.29 is 19.0 Å².